The van der Waals surface area contributed by atoms with Crippen molar-refractivity contribution in [2.45, 2.75) is 19.9 Å². The molecule has 0 aliphatic heterocycles. The largest absolute Gasteiger partial charge is 0.365 e. The first kappa shape index (κ1) is 13.3. The lowest BCUT2D eigenvalue weighted by atomic mass is 10.2. The zero-order valence-electron chi connectivity index (χ0n) is 10.1. The Bertz CT molecular complexity index is 554. The number of nitrogens with zero attached hydrogens (tertiary/aromatic N) is 4. The molecule has 0 aromatic carbocycles. The van der Waals surface area contributed by atoms with Crippen LogP contribution in [0.2, 0.25) is 5.28 Å². The maximum Gasteiger partial charge on any atom is 0.224 e. The molecule has 0 radical (unpaired) electrons. The Balaban J connectivity index is 2.13. The molecule has 0 aliphatic rings. The maximum absolute atomic E-state index is 5.76. The molecule has 96 valence electrons. The van der Waals surface area contributed by atoms with E-state index in [0.29, 0.717) is 12.4 Å². The third-order valence-electron chi connectivity index (χ3n) is 2.49. The van der Waals surface area contributed by atoms with Crippen molar-refractivity contribution < 1.29 is 0 Å². The molecule has 0 amide bonds. The molecule has 2 heterocycles. The zero-order chi connectivity index (χ0) is 13.1. The van der Waals surface area contributed by atoms with Gasteiger partial charge in [0.1, 0.15) is 5.82 Å². The first-order chi connectivity index (χ1) is 8.60. The quantitative estimate of drug-likeness (QED) is 0.876. The van der Waals surface area contributed by atoms with Crippen LogP contribution in [-0.4, -0.2) is 19.7 Å². The van der Waals surface area contributed by atoms with Crippen LogP contribution >= 0.6 is 27.5 Å². The minimum Gasteiger partial charge on any atom is -0.365 e. The van der Waals surface area contributed by atoms with Gasteiger partial charge in [0.15, 0.2) is 0 Å². The summed E-state index contributed by atoms with van der Waals surface area (Å²) in [5.41, 5.74) is 2.24. The van der Waals surface area contributed by atoms with Gasteiger partial charge in [-0.05, 0) is 34.0 Å². The van der Waals surface area contributed by atoms with Gasteiger partial charge in [-0.15, -0.1) is 0 Å². The van der Waals surface area contributed by atoms with Gasteiger partial charge in [-0.3, -0.25) is 4.68 Å². The Kier molecular flexibility index (Phi) is 4.19. The van der Waals surface area contributed by atoms with E-state index in [-0.39, 0.29) is 5.28 Å². The van der Waals surface area contributed by atoms with Gasteiger partial charge in [0.25, 0.3) is 0 Å². The average Bonchev–Trinajstić information content (AvgIpc) is 2.71. The summed E-state index contributed by atoms with van der Waals surface area (Å²) in [6.07, 6.45) is 4.54. The van der Waals surface area contributed by atoms with Gasteiger partial charge >= 0.3 is 0 Å². The Morgan fingerprint density at radius 1 is 1.50 bits per heavy atom. The van der Waals surface area contributed by atoms with E-state index >= 15 is 0 Å². The molecular formula is C11H13BrClN5. The van der Waals surface area contributed by atoms with E-state index in [1.54, 1.807) is 6.20 Å². The van der Waals surface area contributed by atoms with E-state index in [2.05, 4.69) is 43.2 Å². The fourth-order valence-corrected chi connectivity index (χ4v) is 2.14. The van der Waals surface area contributed by atoms with Crippen molar-refractivity contribution in [1.29, 1.82) is 0 Å². The van der Waals surface area contributed by atoms with Crippen molar-refractivity contribution in [2.24, 2.45) is 7.05 Å². The van der Waals surface area contributed by atoms with Gasteiger partial charge in [0.05, 0.1) is 10.2 Å². The number of nitrogens with one attached hydrogen (secondary N) is 1. The highest BCUT2D eigenvalue weighted by Crippen LogP contribution is 2.21. The van der Waals surface area contributed by atoms with Crippen LogP contribution in [0.25, 0.3) is 0 Å². The van der Waals surface area contributed by atoms with Gasteiger partial charge < -0.3 is 5.32 Å². The summed E-state index contributed by atoms with van der Waals surface area (Å²) in [5.74, 6) is 0.681. The molecule has 2 rings (SSSR count). The molecule has 0 spiro atoms. The van der Waals surface area contributed by atoms with Crippen molar-refractivity contribution in [2.75, 3.05) is 5.32 Å². The third kappa shape index (κ3) is 3.00. The van der Waals surface area contributed by atoms with Crippen molar-refractivity contribution in [3.05, 3.63) is 33.4 Å². The van der Waals surface area contributed by atoms with Crippen LogP contribution in [0.1, 0.15) is 18.2 Å². The summed E-state index contributed by atoms with van der Waals surface area (Å²) in [7, 11) is 1.92. The number of hydrogen-bond acceptors (Lipinski definition) is 4. The van der Waals surface area contributed by atoms with Crippen molar-refractivity contribution in [3.63, 3.8) is 0 Å². The van der Waals surface area contributed by atoms with Crippen LogP contribution in [0.4, 0.5) is 5.82 Å². The SMILES string of the molecule is CCc1nn(C)cc1CNc1nc(Cl)ncc1Br. The molecule has 0 aliphatic carbocycles. The van der Waals surface area contributed by atoms with Gasteiger partial charge in [0.2, 0.25) is 5.28 Å². The molecule has 18 heavy (non-hydrogen) atoms. The van der Waals surface area contributed by atoms with Crippen molar-refractivity contribution >= 4 is 33.3 Å². The van der Waals surface area contributed by atoms with E-state index in [4.69, 9.17) is 11.6 Å². The molecule has 1 N–H and O–H groups in total. The van der Waals surface area contributed by atoms with Crippen LogP contribution < -0.4 is 5.32 Å². The Morgan fingerprint density at radius 2 is 2.28 bits per heavy atom. The average molecular weight is 331 g/mol. The summed E-state index contributed by atoms with van der Waals surface area (Å²) < 4.78 is 2.60. The highest BCUT2D eigenvalue weighted by molar-refractivity contribution is 9.10. The predicted octanol–water partition coefficient (Wildman–Crippen LogP) is 2.80. The molecule has 2 aromatic heterocycles. The summed E-state index contributed by atoms with van der Waals surface area (Å²) in [6, 6.07) is 0. The van der Waals surface area contributed by atoms with E-state index in [1.807, 2.05) is 17.9 Å². The topological polar surface area (TPSA) is 55.6 Å². The van der Waals surface area contributed by atoms with E-state index < -0.39 is 0 Å². The van der Waals surface area contributed by atoms with Gasteiger partial charge in [-0.25, -0.2) is 4.98 Å². The Labute approximate surface area is 119 Å². The maximum atomic E-state index is 5.76. The standard InChI is InChI=1S/C11H13BrClN5/c1-3-9-7(6-18(2)17-9)4-14-10-8(12)5-15-11(13)16-10/h5-6H,3-4H2,1-2H3,(H,14,15,16). The highest BCUT2D eigenvalue weighted by Gasteiger charge is 2.08. The van der Waals surface area contributed by atoms with Crippen LogP contribution in [0.15, 0.2) is 16.9 Å². The summed E-state index contributed by atoms with van der Waals surface area (Å²) in [6.45, 7) is 2.74. The van der Waals surface area contributed by atoms with E-state index in [0.717, 1.165) is 22.2 Å². The molecular weight excluding hydrogens is 318 g/mol. The first-order valence-corrected chi connectivity index (χ1v) is 6.70. The van der Waals surface area contributed by atoms with Crippen LogP contribution in [-0.2, 0) is 20.0 Å². The Morgan fingerprint density at radius 3 is 3.00 bits per heavy atom. The van der Waals surface area contributed by atoms with Gasteiger partial charge in [0, 0.05) is 31.5 Å². The van der Waals surface area contributed by atoms with E-state index in [1.165, 1.54) is 0 Å². The number of aryl methyl sites for hydroxylation is 2. The Hall–Kier alpha value is -1.14. The smallest absolute Gasteiger partial charge is 0.224 e. The van der Waals surface area contributed by atoms with Crippen LogP contribution in [0.3, 0.4) is 0 Å². The molecule has 0 bridgehead atoms. The predicted molar refractivity (Wildman–Crippen MR) is 74.7 cm³/mol. The fraction of sp³-hybridized carbons (Fsp3) is 0.364. The molecule has 7 heteroatoms. The minimum atomic E-state index is 0.225. The second-order valence-corrected chi connectivity index (χ2v) is 5.01. The molecule has 5 nitrogen and oxygen atoms in total. The van der Waals surface area contributed by atoms with Crippen molar-refractivity contribution in [1.82, 2.24) is 19.7 Å². The van der Waals surface area contributed by atoms with Gasteiger partial charge in [-0.2, -0.15) is 10.1 Å². The lowest BCUT2D eigenvalue weighted by Crippen LogP contribution is -2.04. The molecule has 0 atom stereocenters. The number of anilines is 1. The van der Waals surface area contributed by atoms with Crippen LogP contribution in [0.5, 0.6) is 0 Å². The monoisotopic (exact) mass is 329 g/mol. The minimum absolute atomic E-state index is 0.225. The van der Waals surface area contributed by atoms with E-state index in [9.17, 15) is 0 Å². The zero-order valence-corrected chi connectivity index (χ0v) is 12.5. The second-order valence-electron chi connectivity index (χ2n) is 3.82. The van der Waals surface area contributed by atoms with Gasteiger partial charge in [-0.1, -0.05) is 6.92 Å². The molecule has 0 fully saturated rings. The van der Waals surface area contributed by atoms with Crippen LogP contribution in [0, 0.1) is 0 Å². The normalized spacial score (nSPS) is 10.7. The lowest BCUT2D eigenvalue weighted by molar-refractivity contribution is 0.746. The molecule has 0 saturated heterocycles. The van der Waals surface area contributed by atoms with Crippen molar-refractivity contribution in [3.8, 4) is 0 Å². The second kappa shape index (κ2) is 5.67. The third-order valence-corrected chi connectivity index (χ3v) is 3.25. The molecule has 2 aromatic rings. The number of aromatic nitrogens is 4. The number of halogens is 2. The number of rotatable bonds is 4. The fourth-order valence-electron chi connectivity index (χ4n) is 1.68. The highest BCUT2D eigenvalue weighted by atomic mass is 79.9. The summed E-state index contributed by atoms with van der Waals surface area (Å²) in [4.78, 5) is 8.00. The number of hydrogen-bond donors (Lipinski definition) is 1. The summed E-state index contributed by atoms with van der Waals surface area (Å²) >= 11 is 9.14. The lowest BCUT2D eigenvalue weighted by Gasteiger charge is -2.06. The molecule has 0 saturated carbocycles. The first-order valence-electron chi connectivity index (χ1n) is 5.53. The summed E-state index contributed by atoms with van der Waals surface area (Å²) in [5, 5.41) is 7.83. The molecule has 0 unspecified atom stereocenters.